The number of ether oxygens (including phenoxy) is 1. The molecule has 1 aromatic rings. The minimum absolute atomic E-state index is 0.210. The molecule has 0 amide bonds. The number of Topliss-reactive ketones (excluding diaryl/α,β-unsaturated/α-hetero) is 1. The zero-order valence-electron chi connectivity index (χ0n) is 11.2. The van der Waals surface area contributed by atoms with Crippen molar-refractivity contribution < 1.29 is 13.9 Å². The van der Waals surface area contributed by atoms with Gasteiger partial charge in [0.1, 0.15) is 5.78 Å². The first-order valence-electron chi connectivity index (χ1n) is 6.81. The van der Waals surface area contributed by atoms with Gasteiger partial charge >= 0.3 is 0 Å². The second-order valence-corrected chi connectivity index (χ2v) is 5.02. The number of hydrogen-bond donors (Lipinski definition) is 1. The number of hydrogen-bond acceptors (Lipinski definition) is 3. The Balaban J connectivity index is 2.08. The van der Waals surface area contributed by atoms with Crippen LogP contribution in [0.5, 0.6) is 5.75 Å². The van der Waals surface area contributed by atoms with Crippen LogP contribution in [0, 0.1) is 11.7 Å². The fraction of sp³-hybridized carbons (Fsp3) is 0.533. The summed E-state index contributed by atoms with van der Waals surface area (Å²) in [4.78, 5) is 11.2. The summed E-state index contributed by atoms with van der Waals surface area (Å²) in [5.41, 5.74) is 6.97. The van der Waals surface area contributed by atoms with Gasteiger partial charge in [0.25, 0.3) is 0 Å². The molecule has 1 unspecified atom stereocenters. The second-order valence-electron chi connectivity index (χ2n) is 5.02. The van der Waals surface area contributed by atoms with Crippen LogP contribution in [0.4, 0.5) is 4.39 Å². The maximum absolute atomic E-state index is 13.8. The highest BCUT2D eigenvalue weighted by molar-refractivity contribution is 5.79. The van der Waals surface area contributed by atoms with Crippen molar-refractivity contribution in [2.24, 2.45) is 11.7 Å². The Hall–Kier alpha value is -1.42. The number of carbonyl (C=O) groups is 1. The van der Waals surface area contributed by atoms with E-state index in [0.717, 1.165) is 18.4 Å². The molecule has 0 bridgehead atoms. The molecule has 104 valence electrons. The molecule has 4 heteroatoms. The molecule has 1 aromatic carbocycles. The van der Waals surface area contributed by atoms with Crippen LogP contribution in [0.15, 0.2) is 18.2 Å². The van der Waals surface area contributed by atoms with Gasteiger partial charge in [-0.2, -0.15) is 0 Å². The predicted molar refractivity (Wildman–Crippen MR) is 71.5 cm³/mol. The van der Waals surface area contributed by atoms with Crippen LogP contribution < -0.4 is 10.5 Å². The van der Waals surface area contributed by atoms with E-state index in [1.54, 1.807) is 6.07 Å². The maximum Gasteiger partial charge on any atom is 0.165 e. The number of rotatable bonds is 4. The highest BCUT2D eigenvalue weighted by Gasteiger charge is 2.25. The summed E-state index contributed by atoms with van der Waals surface area (Å²) in [6, 6.07) is 4.68. The summed E-state index contributed by atoms with van der Waals surface area (Å²) >= 11 is 0. The molecule has 1 fully saturated rings. The summed E-state index contributed by atoms with van der Waals surface area (Å²) in [5, 5.41) is 0. The summed E-state index contributed by atoms with van der Waals surface area (Å²) in [5.74, 6) is 0.454. The Morgan fingerprint density at radius 1 is 1.42 bits per heavy atom. The average molecular weight is 265 g/mol. The van der Waals surface area contributed by atoms with Crippen molar-refractivity contribution in [1.29, 1.82) is 0 Å². The normalized spacial score (nSPS) is 18.4. The van der Waals surface area contributed by atoms with Crippen molar-refractivity contribution in [1.82, 2.24) is 0 Å². The van der Waals surface area contributed by atoms with Gasteiger partial charge in [-0.25, -0.2) is 4.39 Å². The Bertz CT molecular complexity index is 451. The minimum Gasteiger partial charge on any atom is -0.491 e. The molecule has 2 rings (SSSR count). The molecule has 1 aliphatic carbocycles. The van der Waals surface area contributed by atoms with E-state index in [1.807, 2.05) is 13.0 Å². The van der Waals surface area contributed by atoms with Crippen LogP contribution in [0.25, 0.3) is 0 Å². The first-order valence-corrected chi connectivity index (χ1v) is 6.81. The highest BCUT2D eigenvalue weighted by Crippen LogP contribution is 2.33. The molecule has 0 saturated heterocycles. The molecule has 1 atom stereocenters. The van der Waals surface area contributed by atoms with E-state index in [1.165, 1.54) is 6.07 Å². The first kappa shape index (κ1) is 14.0. The van der Waals surface area contributed by atoms with E-state index in [-0.39, 0.29) is 23.5 Å². The summed E-state index contributed by atoms with van der Waals surface area (Å²) < 4.78 is 19.0. The number of halogens is 1. The van der Waals surface area contributed by atoms with Crippen molar-refractivity contribution in [3.05, 3.63) is 29.6 Å². The summed E-state index contributed by atoms with van der Waals surface area (Å²) in [7, 11) is 0. The number of nitrogens with two attached hydrogens (primary N) is 1. The minimum atomic E-state index is -0.373. The molecule has 19 heavy (non-hydrogen) atoms. The van der Waals surface area contributed by atoms with Crippen LogP contribution in [0.1, 0.15) is 44.2 Å². The lowest BCUT2D eigenvalue weighted by Crippen LogP contribution is -2.26. The average Bonchev–Trinajstić information content (AvgIpc) is 2.41. The molecular weight excluding hydrogens is 245 g/mol. The number of carbonyl (C=O) groups excluding carboxylic acids is 1. The molecule has 2 N–H and O–H groups in total. The Morgan fingerprint density at radius 3 is 2.68 bits per heavy atom. The standard InChI is InChI=1S/C15H20FNO2/c1-2-19-14-8-5-11(9-13(14)16)15(17)10-3-6-12(18)7-4-10/h5,8-10,15H,2-4,6-7,17H2,1H3. The van der Waals surface area contributed by atoms with Gasteiger partial charge in [0, 0.05) is 18.9 Å². The van der Waals surface area contributed by atoms with Crippen molar-refractivity contribution >= 4 is 5.78 Å². The van der Waals surface area contributed by atoms with Gasteiger partial charge in [0.2, 0.25) is 0 Å². The topological polar surface area (TPSA) is 52.3 Å². The third-order valence-corrected chi connectivity index (χ3v) is 3.74. The van der Waals surface area contributed by atoms with E-state index < -0.39 is 0 Å². The molecule has 3 nitrogen and oxygen atoms in total. The molecule has 0 aromatic heterocycles. The number of ketones is 1. The molecular formula is C15H20FNO2. The van der Waals surface area contributed by atoms with Gasteiger partial charge < -0.3 is 10.5 Å². The monoisotopic (exact) mass is 265 g/mol. The molecule has 0 spiro atoms. The summed E-state index contributed by atoms with van der Waals surface area (Å²) in [6.07, 6.45) is 2.79. The predicted octanol–water partition coefficient (Wildman–Crippen LogP) is 2.98. The van der Waals surface area contributed by atoms with Gasteiger partial charge in [-0.1, -0.05) is 6.07 Å². The molecule has 0 aliphatic heterocycles. The molecule has 0 radical (unpaired) electrons. The molecule has 0 heterocycles. The van der Waals surface area contributed by atoms with E-state index >= 15 is 0 Å². The van der Waals surface area contributed by atoms with Gasteiger partial charge in [-0.05, 0) is 43.4 Å². The lowest BCUT2D eigenvalue weighted by Gasteiger charge is -2.27. The zero-order valence-corrected chi connectivity index (χ0v) is 11.2. The van der Waals surface area contributed by atoms with Gasteiger partial charge in [0.05, 0.1) is 6.61 Å². The Morgan fingerprint density at radius 2 is 2.11 bits per heavy atom. The van der Waals surface area contributed by atoms with Crippen LogP contribution in [-0.2, 0) is 4.79 Å². The van der Waals surface area contributed by atoms with E-state index in [2.05, 4.69) is 0 Å². The second kappa shape index (κ2) is 6.15. The highest BCUT2D eigenvalue weighted by atomic mass is 19.1. The Labute approximate surface area is 112 Å². The van der Waals surface area contributed by atoms with E-state index in [0.29, 0.717) is 25.2 Å². The van der Waals surface area contributed by atoms with Crippen molar-refractivity contribution in [3.63, 3.8) is 0 Å². The Kier molecular flexibility index (Phi) is 4.53. The van der Waals surface area contributed by atoms with Crippen LogP contribution in [0.2, 0.25) is 0 Å². The third kappa shape index (κ3) is 3.32. The molecule has 1 aliphatic rings. The quantitative estimate of drug-likeness (QED) is 0.910. The van der Waals surface area contributed by atoms with Crippen LogP contribution >= 0.6 is 0 Å². The van der Waals surface area contributed by atoms with Crippen molar-refractivity contribution in [3.8, 4) is 5.75 Å². The van der Waals surface area contributed by atoms with Gasteiger partial charge in [-0.3, -0.25) is 4.79 Å². The largest absolute Gasteiger partial charge is 0.491 e. The zero-order chi connectivity index (χ0) is 13.8. The maximum atomic E-state index is 13.8. The fourth-order valence-corrected chi connectivity index (χ4v) is 2.59. The third-order valence-electron chi connectivity index (χ3n) is 3.74. The van der Waals surface area contributed by atoms with Crippen LogP contribution in [0.3, 0.4) is 0 Å². The van der Waals surface area contributed by atoms with Crippen molar-refractivity contribution in [2.75, 3.05) is 6.61 Å². The van der Waals surface area contributed by atoms with Crippen LogP contribution in [-0.4, -0.2) is 12.4 Å². The summed E-state index contributed by atoms with van der Waals surface area (Å²) in [6.45, 7) is 2.26. The molecule has 1 saturated carbocycles. The van der Waals surface area contributed by atoms with Gasteiger partial charge in [0.15, 0.2) is 11.6 Å². The van der Waals surface area contributed by atoms with E-state index in [9.17, 15) is 9.18 Å². The van der Waals surface area contributed by atoms with E-state index in [4.69, 9.17) is 10.5 Å². The first-order chi connectivity index (χ1) is 9.11. The van der Waals surface area contributed by atoms with Crippen molar-refractivity contribution in [2.45, 2.75) is 38.6 Å². The van der Waals surface area contributed by atoms with Gasteiger partial charge in [-0.15, -0.1) is 0 Å². The fourth-order valence-electron chi connectivity index (χ4n) is 2.59. The smallest absolute Gasteiger partial charge is 0.165 e. The number of benzene rings is 1. The SMILES string of the molecule is CCOc1ccc(C(N)C2CCC(=O)CC2)cc1F. The lowest BCUT2D eigenvalue weighted by molar-refractivity contribution is -0.121. The lowest BCUT2D eigenvalue weighted by atomic mass is 9.81.